The van der Waals surface area contributed by atoms with E-state index in [2.05, 4.69) is 5.32 Å². The summed E-state index contributed by atoms with van der Waals surface area (Å²) in [5, 5.41) is 20.6. The van der Waals surface area contributed by atoms with E-state index in [9.17, 15) is 13.2 Å². The molecular formula is C15H19N3O4S. The van der Waals surface area contributed by atoms with Crippen molar-refractivity contribution in [2.45, 2.75) is 19.0 Å². The molecule has 1 aromatic carbocycles. The number of carbonyl (C=O) groups excluding carboxylic acids is 1. The van der Waals surface area contributed by atoms with Gasteiger partial charge in [0, 0.05) is 19.1 Å². The molecule has 1 heterocycles. The molecular weight excluding hydrogens is 318 g/mol. The Hall–Kier alpha value is -2.11. The molecule has 1 aliphatic heterocycles. The number of rotatable bonds is 5. The Kier molecular flexibility index (Phi) is 5.58. The number of hydrogen-bond donors (Lipinski definition) is 2. The fourth-order valence-electron chi connectivity index (χ4n) is 2.56. The number of hydrogen-bond acceptors (Lipinski definition) is 5. The summed E-state index contributed by atoms with van der Waals surface area (Å²) in [6.45, 7) is 0.145. The second-order valence-electron chi connectivity index (χ2n) is 5.44. The van der Waals surface area contributed by atoms with Crippen molar-refractivity contribution in [3.63, 3.8) is 0 Å². The quantitative estimate of drug-likeness (QED) is 0.800. The molecule has 0 unspecified atom stereocenters. The smallest absolute Gasteiger partial charge is 0.318 e. The molecule has 2 amide bonds. The lowest BCUT2D eigenvalue weighted by atomic mass is 10.1. The first-order valence-electron chi connectivity index (χ1n) is 7.30. The lowest BCUT2D eigenvalue weighted by Gasteiger charge is -2.27. The van der Waals surface area contributed by atoms with Gasteiger partial charge in [-0.25, -0.2) is 13.2 Å². The average Bonchev–Trinajstić information content (AvgIpc) is 2.90. The van der Waals surface area contributed by atoms with E-state index in [1.807, 2.05) is 6.07 Å². The molecule has 8 heteroatoms. The van der Waals surface area contributed by atoms with E-state index in [1.165, 1.54) is 4.90 Å². The molecule has 124 valence electrons. The zero-order valence-electron chi connectivity index (χ0n) is 12.6. The number of nitrogens with one attached hydrogen (secondary N) is 1. The van der Waals surface area contributed by atoms with Gasteiger partial charge in [-0.2, -0.15) is 5.26 Å². The summed E-state index contributed by atoms with van der Waals surface area (Å²) in [4.78, 5) is 13.7. The number of nitrogens with zero attached hydrogens (tertiary/aromatic N) is 2. The molecule has 1 saturated heterocycles. The SMILES string of the molecule is N#Cc1ccc(CNC(=O)N(CCO)[C@@H]2CCS(=O)(=O)C2)cc1. The topological polar surface area (TPSA) is 110 Å². The fourth-order valence-corrected chi connectivity index (χ4v) is 4.29. The van der Waals surface area contributed by atoms with E-state index in [0.29, 0.717) is 12.0 Å². The molecule has 0 bridgehead atoms. The van der Waals surface area contributed by atoms with Gasteiger partial charge >= 0.3 is 6.03 Å². The van der Waals surface area contributed by atoms with Crippen LogP contribution in [0, 0.1) is 11.3 Å². The zero-order chi connectivity index (χ0) is 16.9. The van der Waals surface area contributed by atoms with Crippen LogP contribution in [0.15, 0.2) is 24.3 Å². The third kappa shape index (κ3) is 4.68. The van der Waals surface area contributed by atoms with Crippen molar-refractivity contribution in [2.24, 2.45) is 0 Å². The number of sulfone groups is 1. The third-order valence-corrected chi connectivity index (χ3v) is 5.53. The summed E-state index contributed by atoms with van der Waals surface area (Å²) in [5.41, 5.74) is 1.37. The van der Waals surface area contributed by atoms with Gasteiger partial charge in [0.2, 0.25) is 0 Å². The van der Waals surface area contributed by atoms with Crippen molar-refractivity contribution in [1.82, 2.24) is 10.2 Å². The Labute approximate surface area is 135 Å². The Bertz CT molecular complexity index is 694. The monoisotopic (exact) mass is 337 g/mol. The van der Waals surface area contributed by atoms with Crippen molar-refractivity contribution in [1.29, 1.82) is 5.26 Å². The molecule has 1 atom stereocenters. The highest BCUT2D eigenvalue weighted by atomic mass is 32.2. The first-order chi connectivity index (χ1) is 10.9. The van der Waals surface area contributed by atoms with Crippen LogP contribution in [0.25, 0.3) is 0 Å². The molecule has 1 aromatic rings. The predicted molar refractivity (Wildman–Crippen MR) is 84.2 cm³/mol. The first kappa shape index (κ1) is 17.2. The fraction of sp³-hybridized carbons (Fsp3) is 0.467. The third-order valence-electron chi connectivity index (χ3n) is 3.78. The Morgan fingerprint density at radius 2 is 2.09 bits per heavy atom. The van der Waals surface area contributed by atoms with E-state index in [1.54, 1.807) is 24.3 Å². The lowest BCUT2D eigenvalue weighted by molar-refractivity contribution is 0.157. The Balaban J connectivity index is 1.96. The van der Waals surface area contributed by atoms with Gasteiger partial charge in [0.05, 0.1) is 29.7 Å². The van der Waals surface area contributed by atoms with Crippen LogP contribution in [-0.4, -0.2) is 55.2 Å². The normalized spacial score (nSPS) is 19.0. The lowest BCUT2D eigenvalue weighted by Crippen LogP contribution is -2.47. The molecule has 0 aromatic heterocycles. The van der Waals surface area contributed by atoms with Crippen LogP contribution in [0.2, 0.25) is 0 Å². The number of carbonyl (C=O) groups is 1. The largest absolute Gasteiger partial charge is 0.395 e. The molecule has 0 saturated carbocycles. The van der Waals surface area contributed by atoms with Crippen LogP contribution in [0.5, 0.6) is 0 Å². The van der Waals surface area contributed by atoms with Crippen LogP contribution in [0.4, 0.5) is 4.79 Å². The highest BCUT2D eigenvalue weighted by Crippen LogP contribution is 2.17. The van der Waals surface area contributed by atoms with E-state index >= 15 is 0 Å². The molecule has 0 spiro atoms. The number of benzene rings is 1. The summed E-state index contributed by atoms with van der Waals surface area (Å²) in [5.74, 6) is 0.0137. The molecule has 1 aliphatic rings. The predicted octanol–water partition coefficient (Wildman–Crippen LogP) is 0.249. The number of nitriles is 1. The molecule has 0 aliphatic carbocycles. The molecule has 23 heavy (non-hydrogen) atoms. The highest BCUT2D eigenvalue weighted by molar-refractivity contribution is 7.91. The molecule has 2 rings (SSSR count). The van der Waals surface area contributed by atoms with Crippen LogP contribution < -0.4 is 5.32 Å². The van der Waals surface area contributed by atoms with Gasteiger partial charge in [-0.05, 0) is 24.1 Å². The van der Waals surface area contributed by atoms with Gasteiger partial charge in [0.1, 0.15) is 0 Å². The van der Waals surface area contributed by atoms with Crippen molar-refractivity contribution in [3.8, 4) is 6.07 Å². The molecule has 7 nitrogen and oxygen atoms in total. The van der Waals surface area contributed by atoms with Crippen molar-refractivity contribution >= 4 is 15.9 Å². The van der Waals surface area contributed by atoms with Gasteiger partial charge in [-0.3, -0.25) is 0 Å². The van der Waals surface area contributed by atoms with Gasteiger partial charge in [-0.1, -0.05) is 12.1 Å². The number of aliphatic hydroxyl groups excluding tert-OH is 1. The summed E-state index contributed by atoms with van der Waals surface area (Å²) in [7, 11) is -3.10. The second kappa shape index (κ2) is 7.44. The zero-order valence-corrected chi connectivity index (χ0v) is 13.4. The van der Waals surface area contributed by atoms with Crippen LogP contribution in [-0.2, 0) is 16.4 Å². The van der Waals surface area contributed by atoms with Gasteiger partial charge in [-0.15, -0.1) is 0 Å². The number of amides is 2. The summed E-state index contributed by atoms with van der Waals surface area (Å²) in [6, 6.07) is 8.04. The average molecular weight is 337 g/mol. The number of aliphatic hydroxyl groups is 1. The maximum absolute atomic E-state index is 12.3. The van der Waals surface area contributed by atoms with Crippen molar-refractivity contribution in [2.75, 3.05) is 24.7 Å². The second-order valence-corrected chi connectivity index (χ2v) is 7.67. The highest BCUT2D eigenvalue weighted by Gasteiger charge is 2.34. The van der Waals surface area contributed by atoms with Crippen LogP contribution in [0.1, 0.15) is 17.5 Å². The molecule has 1 fully saturated rings. The minimum Gasteiger partial charge on any atom is -0.395 e. The number of urea groups is 1. The summed E-state index contributed by atoms with van der Waals surface area (Å²) < 4.78 is 23.1. The molecule has 2 N–H and O–H groups in total. The van der Waals surface area contributed by atoms with Gasteiger partial charge in [0.15, 0.2) is 9.84 Å². The van der Waals surface area contributed by atoms with Gasteiger partial charge < -0.3 is 15.3 Å². The molecule has 0 radical (unpaired) electrons. The first-order valence-corrected chi connectivity index (χ1v) is 9.12. The van der Waals surface area contributed by atoms with E-state index < -0.39 is 21.9 Å². The minimum absolute atomic E-state index is 0.0582. The maximum Gasteiger partial charge on any atom is 0.318 e. The summed E-state index contributed by atoms with van der Waals surface area (Å²) >= 11 is 0. The minimum atomic E-state index is -3.10. The van der Waals surface area contributed by atoms with Gasteiger partial charge in [0.25, 0.3) is 0 Å². The Morgan fingerprint density at radius 1 is 1.39 bits per heavy atom. The van der Waals surface area contributed by atoms with E-state index in [4.69, 9.17) is 10.4 Å². The maximum atomic E-state index is 12.3. The van der Waals surface area contributed by atoms with Crippen molar-refractivity contribution < 1.29 is 18.3 Å². The van der Waals surface area contributed by atoms with Crippen LogP contribution >= 0.6 is 0 Å². The van der Waals surface area contributed by atoms with Crippen molar-refractivity contribution in [3.05, 3.63) is 35.4 Å². The Morgan fingerprint density at radius 3 is 2.61 bits per heavy atom. The van der Waals surface area contributed by atoms with E-state index in [-0.39, 0.29) is 31.2 Å². The standard InChI is InChI=1S/C15H19N3O4S/c16-9-12-1-3-13(4-2-12)10-17-15(20)18(6-7-19)14-5-8-23(21,22)11-14/h1-4,14,19H,5-8,10-11H2,(H,17,20)/t14-/m1/s1. The summed E-state index contributed by atoms with van der Waals surface area (Å²) in [6.07, 6.45) is 0.395. The van der Waals surface area contributed by atoms with E-state index in [0.717, 1.165) is 5.56 Å². The van der Waals surface area contributed by atoms with Crippen LogP contribution in [0.3, 0.4) is 0 Å².